The average Bonchev–Trinajstić information content (AvgIpc) is 3.03. The number of nitrogens with zero attached hydrogens (tertiary/aromatic N) is 3. The zero-order valence-corrected chi connectivity index (χ0v) is 25.8. The number of hydrogen-bond acceptors (Lipinski definition) is 8. The van der Waals surface area contributed by atoms with Gasteiger partial charge in [0.05, 0.1) is 0 Å². The van der Waals surface area contributed by atoms with Gasteiger partial charge in [-0.15, -0.1) is 23.4 Å². The van der Waals surface area contributed by atoms with E-state index in [9.17, 15) is 33.9 Å². The van der Waals surface area contributed by atoms with Gasteiger partial charge >= 0.3 is 23.8 Å². The topological polar surface area (TPSA) is 156 Å². The highest BCUT2D eigenvalue weighted by Crippen LogP contribution is 2.45. The average molecular weight is 658 g/mol. The van der Waals surface area contributed by atoms with E-state index < -0.39 is 53.1 Å². The van der Waals surface area contributed by atoms with Gasteiger partial charge in [0.1, 0.15) is 23.2 Å². The molecule has 2 aromatic carbocycles. The Balaban J connectivity index is 1.31. The van der Waals surface area contributed by atoms with Crippen LogP contribution in [0.3, 0.4) is 0 Å². The van der Waals surface area contributed by atoms with Crippen molar-refractivity contribution in [2.75, 3.05) is 25.4 Å². The number of nitrogens with one attached hydrogen (secondary N) is 2. The number of carbonyl (C=O) groups is 6. The zero-order valence-electron chi connectivity index (χ0n) is 23.4. The number of imide groups is 1. The molecule has 230 valence electrons. The molecule has 0 aromatic heterocycles. The minimum absolute atomic E-state index is 0.0380. The first-order chi connectivity index (χ1) is 21.1. The summed E-state index contributed by atoms with van der Waals surface area (Å²) in [7, 11) is 0. The second-order valence-corrected chi connectivity index (χ2v) is 12.5. The van der Waals surface area contributed by atoms with E-state index in [1.165, 1.54) is 33.3 Å². The number of urea groups is 1. The lowest BCUT2D eigenvalue weighted by Gasteiger charge is -2.49. The molecule has 3 aliphatic heterocycles. The molecule has 3 aliphatic rings. The Kier molecular flexibility index (Phi) is 9.51. The lowest BCUT2D eigenvalue weighted by atomic mass is 10.0. The number of rotatable bonds is 9. The van der Waals surface area contributed by atoms with Crippen LogP contribution in [0.15, 0.2) is 70.1 Å². The molecule has 1 unspecified atom stereocenters. The largest absolute Gasteiger partial charge is 0.477 e. The highest BCUT2D eigenvalue weighted by molar-refractivity contribution is 8.06. The van der Waals surface area contributed by atoms with Crippen LogP contribution in [0, 0.1) is 0 Å². The quantitative estimate of drug-likeness (QED) is 0.209. The van der Waals surface area contributed by atoms with Crippen LogP contribution >= 0.6 is 35.1 Å². The Bertz CT molecular complexity index is 1540. The number of alkyl halides is 1. The van der Waals surface area contributed by atoms with Crippen LogP contribution in [0.4, 0.5) is 4.79 Å². The van der Waals surface area contributed by atoms with Crippen LogP contribution in [0.5, 0.6) is 0 Å². The molecule has 5 rings (SSSR count). The summed E-state index contributed by atoms with van der Waals surface area (Å²) in [6.45, 7) is 2.17. The molecule has 3 N–H and O–H groups in total. The summed E-state index contributed by atoms with van der Waals surface area (Å²) in [5.41, 5.74) is 1.16. The summed E-state index contributed by atoms with van der Waals surface area (Å²) >= 11 is 8.42. The number of thioether (sulfide) groups is 2. The smallest absolute Gasteiger partial charge is 0.353 e. The number of β-lactam (4-membered cyclic amide) rings is 1. The van der Waals surface area contributed by atoms with Gasteiger partial charge in [0.2, 0.25) is 5.91 Å². The Morgan fingerprint density at radius 1 is 1.05 bits per heavy atom. The van der Waals surface area contributed by atoms with Gasteiger partial charge in [-0.2, -0.15) is 0 Å². The summed E-state index contributed by atoms with van der Waals surface area (Å²) in [6, 6.07) is 12.3. The second kappa shape index (κ2) is 13.3. The summed E-state index contributed by atoms with van der Waals surface area (Å²) < 4.78 is 0. The molecule has 2 fully saturated rings. The number of carbonyl (C=O) groups excluding carboxylic acids is 5. The molecule has 0 radical (unpaired) electrons. The number of carboxylic acids is 1. The molecule has 0 aliphatic carbocycles. The molecule has 2 saturated heterocycles. The van der Waals surface area contributed by atoms with Gasteiger partial charge in [0.15, 0.2) is 0 Å². The minimum Gasteiger partial charge on any atom is -0.477 e. The van der Waals surface area contributed by atoms with Crippen molar-refractivity contribution in [2.45, 2.75) is 35.2 Å². The van der Waals surface area contributed by atoms with Crippen molar-refractivity contribution in [3.8, 4) is 0 Å². The third-order valence-electron chi connectivity index (χ3n) is 7.35. The van der Waals surface area contributed by atoms with Crippen LogP contribution in [0.25, 0.3) is 0 Å². The molecule has 0 saturated carbocycles. The second-order valence-electron chi connectivity index (χ2n) is 9.99. The van der Waals surface area contributed by atoms with Gasteiger partial charge in [-0.05, 0) is 30.2 Å². The molecular weight excluding hydrogens is 630 g/mol. The Morgan fingerprint density at radius 2 is 1.75 bits per heavy atom. The van der Waals surface area contributed by atoms with E-state index >= 15 is 0 Å². The van der Waals surface area contributed by atoms with Gasteiger partial charge in [-0.1, -0.05) is 54.2 Å². The maximum Gasteiger partial charge on any atom is 0.353 e. The molecule has 2 aromatic rings. The normalized spacial score (nSPS) is 20.6. The van der Waals surface area contributed by atoms with Gasteiger partial charge in [0, 0.05) is 41.1 Å². The number of piperazine rings is 1. The fraction of sp³-hybridized carbons (Fsp3) is 0.310. The number of likely N-dealkylation sites (N-methyl/N-ethyl adjacent to an activating group) is 1. The number of carboxylic acid groups (broad SMARTS) is 1. The predicted molar refractivity (Wildman–Crippen MR) is 163 cm³/mol. The first-order valence-corrected chi connectivity index (χ1v) is 16.0. The lowest BCUT2D eigenvalue weighted by molar-refractivity contribution is -0.153. The predicted octanol–water partition coefficient (Wildman–Crippen LogP) is 2.36. The standard InChI is InChI=1S/C29H28ClN5O7S2/c1-2-33-12-13-34(26(39)25(33)38)29(42)32-20(17-6-4-3-5-7-17)23(36)31-21-24(37)35-22(28(40)41)19(15-43-27(21)35)44-18-10-8-16(14-30)9-11-18/h3-11,20-21,27H,2,12-15H2,1H3,(H,31,36)(H,32,42)(H,40,41)/t20?,21-,27+/m1/s1. The van der Waals surface area contributed by atoms with E-state index in [4.69, 9.17) is 11.6 Å². The van der Waals surface area contributed by atoms with Crippen molar-refractivity contribution in [2.24, 2.45) is 0 Å². The molecule has 3 heterocycles. The fourth-order valence-electron chi connectivity index (χ4n) is 5.01. The van der Waals surface area contributed by atoms with Gasteiger partial charge in [0.25, 0.3) is 5.91 Å². The van der Waals surface area contributed by atoms with Gasteiger partial charge < -0.3 is 20.6 Å². The van der Waals surface area contributed by atoms with E-state index in [2.05, 4.69) is 10.6 Å². The van der Waals surface area contributed by atoms with E-state index in [0.717, 1.165) is 15.4 Å². The Labute approximate surface area is 266 Å². The van der Waals surface area contributed by atoms with E-state index in [1.54, 1.807) is 37.3 Å². The Hall–Kier alpha value is -4.01. The van der Waals surface area contributed by atoms with Crippen molar-refractivity contribution in [1.29, 1.82) is 0 Å². The van der Waals surface area contributed by atoms with Crippen molar-refractivity contribution in [3.63, 3.8) is 0 Å². The number of aliphatic carboxylic acids is 1. The Morgan fingerprint density at radius 3 is 2.39 bits per heavy atom. The van der Waals surface area contributed by atoms with Crippen molar-refractivity contribution in [3.05, 3.63) is 76.3 Å². The van der Waals surface area contributed by atoms with Crippen molar-refractivity contribution >= 4 is 70.8 Å². The molecule has 0 bridgehead atoms. The molecular formula is C29H28ClN5O7S2. The molecule has 0 spiro atoms. The third-order valence-corrected chi connectivity index (χ3v) is 10.2. The SMILES string of the molecule is CCN1CCN(C(=O)NC(C(=O)N[C@@H]2C(=O)N3C(C(=O)O)=C(Sc4ccc(CCl)cc4)CS[C@@H]23)c2ccccc2)C(=O)C1=O. The number of hydrogen-bond donors (Lipinski definition) is 3. The lowest BCUT2D eigenvalue weighted by Crippen LogP contribution is -2.71. The van der Waals surface area contributed by atoms with E-state index in [0.29, 0.717) is 28.6 Å². The fourth-order valence-corrected chi connectivity index (χ4v) is 7.66. The van der Waals surface area contributed by atoms with Crippen LogP contribution in [0.2, 0.25) is 0 Å². The highest BCUT2D eigenvalue weighted by Gasteiger charge is 2.54. The van der Waals surface area contributed by atoms with Crippen LogP contribution < -0.4 is 10.6 Å². The molecule has 12 nitrogen and oxygen atoms in total. The first kappa shape index (κ1) is 31.4. The molecule has 15 heteroatoms. The van der Waals surface area contributed by atoms with Crippen LogP contribution in [-0.4, -0.2) is 92.2 Å². The molecule has 3 atom stereocenters. The van der Waals surface area contributed by atoms with Crippen LogP contribution in [0.1, 0.15) is 24.1 Å². The molecule has 6 amide bonds. The zero-order chi connectivity index (χ0) is 31.5. The van der Waals surface area contributed by atoms with Gasteiger partial charge in [-0.3, -0.25) is 29.0 Å². The maximum absolute atomic E-state index is 13.6. The maximum atomic E-state index is 13.6. The summed E-state index contributed by atoms with van der Waals surface area (Å²) in [6.07, 6.45) is 0. The van der Waals surface area contributed by atoms with Crippen molar-refractivity contribution in [1.82, 2.24) is 25.3 Å². The van der Waals surface area contributed by atoms with Crippen molar-refractivity contribution < 1.29 is 33.9 Å². The third kappa shape index (κ3) is 6.14. The first-order valence-electron chi connectivity index (χ1n) is 13.6. The number of halogens is 1. The molecule has 44 heavy (non-hydrogen) atoms. The summed E-state index contributed by atoms with van der Waals surface area (Å²) in [5, 5.41) is 14.6. The monoisotopic (exact) mass is 657 g/mol. The number of fused-ring (bicyclic) bond motifs is 1. The van der Waals surface area contributed by atoms with E-state index in [1.807, 2.05) is 24.3 Å². The van der Waals surface area contributed by atoms with E-state index in [-0.39, 0.29) is 18.8 Å². The number of amides is 6. The highest BCUT2D eigenvalue weighted by atomic mass is 35.5. The summed E-state index contributed by atoms with van der Waals surface area (Å²) in [4.78, 5) is 81.7. The van der Waals surface area contributed by atoms with Gasteiger partial charge in [-0.25, -0.2) is 9.59 Å². The minimum atomic E-state index is -1.30. The number of benzene rings is 2. The summed E-state index contributed by atoms with van der Waals surface area (Å²) in [5.74, 6) is -3.75. The van der Waals surface area contributed by atoms with Crippen LogP contribution in [-0.2, 0) is 29.9 Å².